The van der Waals surface area contributed by atoms with Crippen molar-refractivity contribution in [3.8, 4) is 0 Å². The van der Waals surface area contributed by atoms with Crippen molar-refractivity contribution < 1.29 is 9.53 Å². The van der Waals surface area contributed by atoms with Crippen molar-refractivity contribution in [3.05, 3.63) is 72.6 Å². The van der Waals surface area contributed by atoms with Gasteiger partial charge in [-0.3, -0.25) is 9.88 Å². The number of aromatic nitrogens is 1. The molecule has 1 fully saturated rings. The third kappa shape index (κ3) is 4.55. The highest BCUT2D eigenvalue weighted by atomic mass is 16.5. The van der Waals surface area contributed by atoms with Crippen molar-refractivity contribution >= 4 is 22.5 Å². The number of likely N-dealkylation sites (N-methyl/N-ethyl adjacent to an activating group) is 1. The van der Waals surface area contributed by atoms with Crippen molar-refractivity contribution in [2.45, 2.75) is 19.1 Å². The number of benzene rings is 2. The second-order valence-electron chi connectivity index (χ2n) is 7.17. The quantitative estimate of drug-likeness (QED) is 0.695. The third-order valence-electron chi connectivity index (χ3n) is 5.37. The number of rotatable bonds is 5. The average Bonchev–Trinajstić information content (AvgIpc) is 2.78. The minimum absolute atomic E-state index is 0.0977. The van der Waals surface area contributed by atoms with Gasteiger partial charge in [0, 0.05) is 36.6 Å². The molecule has 0 spiro atoms. The SMILES string of the molecule is CCN1CCO[C@@H](CNC(=O)Nc2ccc3cnccc3c2)[C@@H]1c1ccccc1. The molecule has 1 aliphatic rings. The number of nitrogens with one attached hydrogen (secondary N) is 2. The molecule has 2 atom stereocenters. The Kier molecular flexibility index (Phi) is 6.03. The maximum atomic E-state index is 12.5. The van der Waals surface area contributed by atoms with E-state index in [2.05, 4.69) is 39.6 Å². The molecule has 6 heteroatoms. The van der Waals surface area contributed by atoms with Crippen LogP contribution < -0.4 is 10.6 Å². The van der Waals surface area contributed by atoms with E-state index in [1.165, 1.54) is 5.56 Å². The Morgan fingerprint density at radius 2 is 2.03 bits per heavy atom. The van der Waals surface area contributed by atoms with Crippen molar-refractivity contribution in [1.82, 2.24) is 15.2 Å². The van der Waals surface area contributed by atoms with E-state index in [4.69, 9.17) is 4.74 Å². The van der Waals surface area contributed by atoms with Crippen molar-refractivity contribution in [1.29, 1.82) is 0 Å². The predicted octanol–water partition coefficient (Wildman–Crippen LogP) is 3.82. The van der Waals surface area contributed by atoms with Gasteiger partial charge in [-0.25, -0.2) is 4.79 Å². The summed E-state index contributed by atoms with van der Waals surface area (Å²) in [5.74, 6) is 0. The van der Waals surface area contributed by atoms with E-state index < -0.39 is 0 Å². The lowest BCUT2D eigenvalue weighted by Gasteiger charge is -2.41. The van der Waals surface area contributed by atoms with Crippen LogP contribution in [-0.2, 0) is 4.74 Å². The van der Waals surface area contributed by atoms with Gasteiger partial charge in [0.05, 0.1) is 18.8 Å². The van der Waals surface area contributed by atoms with Crippen LogP contribution in [0, 0.1) is 0 Å². The molecule has 3 aromatic rings. The van der Waals surface area contributed by atoms with Crippen LogP contribution in [-0.4, -0.2) is 48.3 Å². The van der Waals surface area contributed by atoms with E-state index in [1.807, 2.05) is 48.7 Å². The molecule has 0 unspecified atom stereocenters. The van der Waals surface area contributed by atoms with Crippen LogP contribution >= 0.6 is 0 Å². The number of carbonyl (C=O) groups excluding carboxylic acids is 1. The van der Waals surface area contributed by atoms with Gasteiger partial charge in [-0.15, -0.1) is 0 Å². The fourth-order valence-electron chi connectivity index (χ4n) is 3.92. The van der Waals surface area contributed by atoms with E-state index in [-0.39, 0.29) is 18.2 Å². The second kappa shape index (κ2) is 9.03. The van der Waals surface area contributed by atoms with Crippen LogP contribution in [0.2, 0.25) is 0 Å². The van der Waals surface area contributed by atoms with Crippen LogP contribution in [0.4, 0.5) is 10.5 Å². The van der Waals surface area contributed by atoms with Gasteiger partial charge >= 0.3 is 6.03 Å². The second-order valence-corrected chi connectivity index (χ2v) is 7.17. The first-order valence-electron chi connectivity index (χ1n) is 10.0. The lowest BCUT2D eigenvalue weighted by Crippen LogP contribution is -2.50. The van der Waals surface area contributed by atoms with Crippen LogP contribution in [0.3, 0.4) is 0 Å². The van der Waals surface area contributed by atoms with E-state index in [0.717, 1.165) is 29.5 Å². The first-order chi connectivity index (χ1) is 14.2. The summed E-state index contributed by atoms with van der Waals surface area (Å²) in [5, 5.41) is 7.97. The van der Waals surface area contributed by atoms with Gasteiger partial charge in [-0.1, -0.05) is 43.3 Å². The molecule has 0 bridgehead atoms. The van der Waals surface area contributed by atoms with Gasteiger partial charge in [-0.2, -0.15) is 0 Å². The molecule has 1 saturated heterocycles. The zero-order valence-electron chi connectivity index (χ0n) is 16.5. The molecule has 2 amide bonds. The highest BCUT2D eigenvalue weighted by Gasteiger charge is 2.32. The third-order valence-corrected chi connectivity index (χ3v) is 5.37. The molecule has 2 heterocycles. The lowest BCUT2D eigenvalue weighted by molar-refractivity contribution is -0.0680. The monoisotopic (exact) mass is 390 g/mol. The smallest absolute Gasteiger partial charge is 0.319 e. The Morgan fingerprint density at radius 3 is 2.86 bits per heavy atom. The Balaban J connectivity index is 1.41. The number of nitrogens with zero attached hydrogens (tertiary/aromatic N) is 2. The Hall–Kier alpha value is -2.96. The molecule has 2 N–H and O–H groups in total. The summed E-state index contributed by atoms with van der Waals surface area (Å²) in [6.45, 7) is 5.11. The highest BCUT2D eigenvalue weighted by molar-refractivity contribution is 5.93. The van der Waals surface area contributed by atoms with Crippen molar-refractivity contribution in [2.75, 3.05) is 31.6 Å². The molecule has 0 radical (unpaired) electrons. The Morgan fingerprint density at radius 1 is 1.17 bits per heavy atom. The first kappa shape index (κ1) is 19.4. The number of urea groups is 1. The normalized spacial score (nSPS) is 19.8. The minimum atomic E-state index is -0.234. The summed E-state index contributed by atoms with van der Waals surface area (Å²) in [7, 11) is 0. The molecule has 2 aromatic carbocycles. The van der Waals surface area contributed by atoms with Gasteiger partial charge in [-0.05, 0) is 35.7 Å². The summed E-state index contributed by atoms with van der Waals surface area (Å²) in [5.41, 5.74) is 1.96. The molecule has 29 heavy (non-hydrogen) atoms. The van der Waals surface area contributed by atoms with E-state index in [1.54, 1.807) is 6.20 Å². The molecular weight excluding hydrogens is 364 g/mol. The maximum Gasteiger partial charge on any atom is 0.319 e. The first-order valence-corrected chi connectivity index (χ1v) is 10.0. The predicted molar refractivity (Wildman–Crippen MR) is 115 cm³/mol. The fraction of sp³-hybridized carbons (Fsp3) is 0.304. The number of amides is 2. The number of ether oxygens (including phenoxy) is 1. The molecule has 0 aliphatic carbocycles. The summed E-state index contributed by atoms with van der Waals surface area (Å²) in [4.78, 5) is 19.0. The van der Waals surface area contributed by atoms with Crippen molar-refractivity contribution in [3.63, 3.8) is 0 Å². The Bertz CT molecular complexity index is 963. The standard InChI is InChI=1S/C23H26N4O2/c1-2-27-12-13-29-21(22(27)17-6-4-3-5-7-17)16-25-23(28)26-20-9-8-19-15-24-11-10-18(19)14-20/h3-11,14-15,21-22H,2,12-13,16H2,1H3,(H2,25,26,28)/t21-,22-/m0/s1. The Labute approximate surface area is 170 Å². The van der Waals surface area contributed by atoms with E-state index >= 15 is 0 Å². The minimum Gasteiger partial charge on any atom is -0.373 e. The fourth-order valence-corrected chi connectivity index (χ4v) is 3.92. The van der Waals surface area contributed by atoms with Gasteiger partial charge in [0.15, 0.2) is 0 Å². The largest absolute Gasteiger partial charge is 0.373 e. The number of fused-ring (bicyclic) bond motifs is 1. The van der Waals surface area contributed by atoms with Crippen molar-refractivity contribution in [2.24, 2.45) is 0 Å². The topological polar surface area (TPSA) is 66.5 Å². The number of hydrogen-bond donors (Lipinski definition) is 2. The lowest BCUT2D eigenvalue weighted by atomic mass is 9.98. The molecular formula is C23H26N4O2. The van der Waals surface area contributed by atoms with Crippen LogP contribution in [0.1, 0.15) is 18.5 Å². The number of hydrogen-bond acceptors (Lipinski definition) is 4. The van der Waals surface area contributed by atoms with Crippen LogP contribution in [0.25, 0.3) is 10.8 Å². The summed E-state index contributed by atoms with van der Waals surface area (Å²) < 4.78 is 6.04. The summed E-state index contributed by atoms with van der Waals surface area (Å²) in [6, 6.07) is 18.0. The molecule has 1 aromatic heterocycles. The van der Waals surface area contributed by atoms with E-state index in [0.29, 0.717) is 13.2 Å². The average molecular weight is 390 g/mol. The van der Waals surface area contributed by atoms with Gasteiger partial charge in [0.25, 0.3) is 0 Å². The number of carbonyl (C=O) groups is 1. The summed E-state index contributed by atoms with van der Waals surface area (Å²) >= 11 is 0. The molecule has 150 valence electrons. The summed E-state index contributed by atoms with van der Waals surface area (Å²) in [6.07, 6.45) is 3.46. The van der Waals surface area contributed by atoms with Gasteiger partial charge in [0.2, 0.25) is 0 Å². The zero-order chi connectivity index (χ0) is 20.1. The number of pyridine rings is 1. The molecule has 6 nitrogen and oxygen atoms in total. The van der Waals surface area contributed by atoms with Gasteiger partial charge < -0.3 is 15.4 Å². The highest BCUT2D eigenvalue weighted by Crippen LogP contribution is 2.29. The van der Waals surface area contributed by atoms with Crippen LogP contribution in [0.5, 0.6) is 0 Å². The molecule has 4 rings (SSSR count). The van der Waals surface area contributed by atoms with E-state index in [9.17, 15) is 4.79 Å². The zero-order valence-corrected chi connectivity index (χ0v) is 16.5. The molecule has 1 aliphatic heterocycles. The number of anilines is 1. The maximum absolute atomic E-state index is 12.5. The van der Waals surface area contributed by atoms with Crippen LogP contribution in [0.15, 0.2) is 67.0 Å². The van der Waals surface area contributed by atoms with Gasteiger partial charge in [0.1, 0.15) is 0 Å². The molecule has 0 saturated carbocycles. The number of morpholine rings is 1.